The highest BCUT2D eigenvalue weighted by Crippen LogP contribution is 2.33. The highest BCUT2D eigenvalue weighted by atomic mass is 16.5. The van der Waals surface area contributed by atoms with Crippen molar-refractivity contribution in [2.24, 2.45) is 11.3 Å². The minimum atomic E-state index is -0.769. The Bertz CT molecular complexity index is 677. The molecule has 0 fully saturated rings. The van der Waals surface area contributed by atoms with Gasteiger partial charge >= 0.3 is 0 Å². The standard InChI is InChI=1S/C21H24O4/c1-21(2,3)18(19(22)14-6-10-16(24-4)11-7-14)20(23)15-8-12-17(25-5)13-9-15/h6-13,18H,1-5H3. The highest BCUT2D eigenvalue weighted by molar-refractivity contribution is 6.16. The molecule has 0 N–H and O–H groups in total. The number of benzene rings is 2. The second-order valence-corrected chi connectivity index (χ2v) is 6.98. The molecule has 132 valence electrons. The van der Waals surface area contributed by atoms with E-state index in [1.54, 1.807) is 62.8 Å². The summed E-state index contributed by atoms with van der Waals surface area (Å²) in [5.74, 6) is 0.205. The fraction of sp³-hybridized carbons (Fsp3) is 0.333. The van der Waals surface area contributed by atoms with E-state index >= 15 is 0 Å². The van der Waals surface area contributed by atoms with E-state index in [-0.39, 0.29) is 11.6 Å². The van der Waals surface area contributed by atoms with E-state index in [0.29, 0.717) is 22.6 Å². The average molecular weight is 340 g/mol. The molecule has 0 heterocycles. The lowest BCUT2D eigenvalue weighted by Crippen LogP contribution is -2.35. The van der Waals surface area contributed by atoms with Crippen LogP contribution in [0.3, 0.4) is 0 Å². The van der Waals surface area contributed by atoms with Crippen LogP contribution in [-0.4, -0.2) is 25.8 Å². The maximum atomic E-state index is 13.0. The molecular formula is C21H24O4. The first-order chi connectivity index (χ1) is 11.8. The zero-order chi connectivity index (χ0) is 18.6. The number of rotatable bonds is 6. The third kappa shape index (κ3) is 4.27. The Hall–Kier alpha value is -2.62. The number of Topliss-reactive ketones (excluding diaryl/α,β-unsaturated/α-hetero) is 2. The Morgan fingerprint density at radius 3 is 1.28 bits per heavy atom. The molecule has 0 bridgehead atoms. The Labute approximate surface area is 148 Å². The number of hydrogen-bond donors (Lipinski definition) is 0. The van der Waals surface area contributed by atoms with E-state index in [2.05, 4.69) is 0 Å². The van der Waals surface area contributed by atoms with Gasteiger partial charge in [-0.05, 0) is 53.9 Å². The van der Waals surface area contributed by atoms with Gasteiger partial charge in [0.15, 0.2) is 11.6 Å². The molecule has 0 atom stereocenters. The first-order valence-electron chi connectivity index (χ1n) is 8.14. The van der Waals surface area contributed by atoms with E-state index in [4.69, 9.17) is 9.47 Å². The van der Waals surface area contributed by atoms with Gasteiger partial charge < -0.3 is 9.47 Å². The zero-order valence-corrected chi connectivity index (χ0v) is 15.3. The molecule has 0 spiro atoms. The van der Waals surface area contributed by atoms with Gasteiger partial charge in [-0.2, -0.15) is 0 Å². The van der Waals surface area contributed by atoms with Crippen LogP contribution >= 0.6 is 0 Å². The average Bonchev–Trinajstić information content (AvgIpc) is 2.60. The molecule has 2 aromatic carbocycles. The van der Waals surface area contributed by atoms with Crippen molar-refractivity contribution < 1.29 is 19.1 Å². The second kappa shape index (κ2) is 7.51. The molecule has 0 aliphatic heterocycles. The monoisotopic (exact) mass is 340 g/mol. The van der Waals surface area contributed by atoms with Gasteiger partial charge in [0.2, 0.25) is 0 Å². The summed E-state index contributed by atoms with van der Waals surface area (Å²) in [6.07, 6.45) is 0. The highest BCUT2D eigenvalue weighted by Gasteiger charge is 2.38. The molecular weight excluding hydrogens is 316 g/mol. The van der Waals surface area contributed by atoms with Crippen molar-refractivity contribution in [2.75, 3.05) is 14.2 Å². The third-order valence-electron chi connectivity index (χ3n) is 4.14. The summed E-state index contributed by atoms with van der Waals surface area (Å²) in [4.78, 5) is 26.1. The van der Waals surface area contributed by atoms with Gasteiger partial charge in [0, 0.05) is 11.1 Å². The fourth-order valence-electron chi connectivity index (χ4n) is 2.75. The lowest BCUT2D eigenvalue weighted by Gasteiger charge is -2.28. The number of methoxy groups -OCH3 is 2. The molecule has 0 radical (unpaired) electrons. The minimum Gasteiger partial charge on any atom is -0.497 e. The van der Waals surface area contributed by atoms with Crippen molar-refractivity contribution in [3.63, 3.8) is 0 Å². The van der Waals surface area contributed by atoms with Crippen LogP contribution in [0.1, 0.15) is 41.5 Å². The maximum absolute atomic E-state index is 13.0. The topological polar surface area (TPSA) is 52.6 Å². The largest absolute Gasteiger partial charge is 0.497 e. The van der Waals surface area contributed by atoms with Crippen LogP contribution in [0.15, 0.2) is 48.5 Å². The fourth-order valence-corrected chi connectivity index (χ4v) is 2.75. The summed E-state index contributed by atoms with van der Waals surface area (Å²) in [6.45, 7) is 5.71. The van der Waals surface area contributed by atoms with Crippen molar-refractivity contribution in [2.45, 2.75) is 20.8 Å². The summed E-state index contributed by atoms with van der Waals surface area (Å²) < 4.78 is 10.3. The Morgan fingerprint density at radius 2 is 1.04 bits per heavy atom. The van der Waals surface area contributed by atoms with Crippen LogP contribution in [0.5, 0.6) is 11.5 Å². The summed E-state index contributed by atoms with van der Waals surface area (Å²) in [5.41, 5.74) is 0.499. The molecule has 25 heavy (non-hydrogen) atoms. The quantitative estimate of drug-likeness (QED) is 0.576. The van der Waals surface area contributed by atoms with Crippen LogP contribution in [0.4, 0.5) is 0 Å². The van der Waals surface area contributed by atoms with E-state index in [0.717, 1.165) is 0 Å². The van der Waals surface area contributed by atoms with Crippen LogP contribution in [0.2, 0.25) is 0 Å². The molecule has 0 amide bonds. The van der Waals surface area contributed by atoms with Crippen molar-refractivity contribution in [1.82, 2.24) is 0 Å². The number of hydrogen-bond acceptors (Lipinski definition) is 4. The lowest BCUT2D eigenvalue weighted by atomic mass is 9.72. The first-order valence-corrected chi connectivity index (χ1v) is 8.14. The number of ether oxygens (including phenoxy) is 2. The Kier molecular flexibility index (Phi) is 5.62. The van der Waals surface area contributed by atoms with Crippen LogP contribution in [-0.2, 0) is 0 Å². The van der Waals surface area contributed by atoms with Crippen LogP contribution < -0.4 is 9.47 Å². The van der Waals surface area contributed by atoms with E-state index in [1.165, 1.54) is 0 Å². The Balaban J connectivity index is 2.37. The molecule has 0 saturated carbocycles. The Morgan fingerprint density at radius 1 is 0.720 bits per heavy atom. The smallest absolute Gasteiger partial charge is 0.174 e. The van der Waals surface area contributed by atoms with Crippen LogP contribution in [0, 0.1) is 11.3 Å². The SMILES string of the molecule is COc1ccc(C(=O)C(C(=O)c2ccc(OC)cc2)C(C)(C)C)cc1. The normalized spacial score (nSPS) is 11.3. The summed E-state index contributed by atoms with van der Waals surface area (Å²) in [5, 5.41) is 0. The first kappa shape index (κ1) is 18.7. The summed E-state index contributed by atoms with van der Waals surface area (Å²) >= 11 is 0. The van der Waals surface area contributed by atoms with Crippen molar-refractivity contribution in [1.29, 1.82) is 0 Å². The van der Waals surface area contributed by atoms with E-state index < -0.39 is 11.3 Å². The van der Waals surface area contributed by atoms with Crippen molar-refractivity contribution in [3.8, 4) is 11.5 Å². The molecule has 0 aromatic heterocycles. The van der Waals surface area contributed by atoms with Gasteiger partial charge in [-0.3, -0.25) is 9.59 Å². The van der Waals surface area contributed by atoms with E-state index in [1.807, 2.05) is 20.8 Å². The maximum Gasteiger partial charge on any atom is 0.174 e. The number of ketones is 2. The molecule has 0 aliphatic rings. The molecule has 2 rings (SSSR count). The van der Waals surface area contributed by atoms with Gasteiger partial charge in [0.05, 0.1) is 20.1 Å². The second-order valence-electron chi connectivity index (χ2n) is 6.98. The van der Waals surface area contributed by atoms with Gasteiger partial charge in [-0.25, -0.2) is 0 Å². The zero-order valence-electron chi connectivity index (χ0n) is 15.3. The number of carbonyl (C=O) groups is 2. The number of carbonyl (C=O) groups excluding carboxylic acids is 2. The van der Waals surface area contributed by atoms with Crippen molar-refractivity contribution >= 4 is 11.6 Å². The van der Waals surface area contributed by atoms with Gasteiger partial charge in [-0.15, -0.1) is 0 Å². The van der Waals surface area contributed by atoms with Crippen LogP contribution in [0.25, 0.3) is 0 Å². The molecule has 4 nitrogen and oxygen atoms in total. The minimum absolute atomic E-state index is 0.184. The van der Waals surface area contributed by atoms with E-state index in [9.17, 15) is 9.59 Å². The van der Waals surface area contributed by atoms with Gasteiger partial charge in [0.1, 0.15) is 11.5 Å². The summed E-state index contributed by atoms with van der Waals surface area (Å²) in [7, 11) is 3.14. The third-order valence-corrected chi connectivity index (χ3v) is 4.14. The van der Waals surface area contributed by atoms with Crippen molar-refractivity contribution in [3.05, 3.63) is 59.7 Å². The predicted octanol–water partition coefficient (Wildman–Crippen LogP) is 4.43. The molecule has 2 aromatic rings. The molecule has 4 heteroatoms. The lowest BCUT2D eigenvalue weighted by molar-refractivity contribution is 0.0694. The summed E-state index contributed by atoms with van der Waals surface area (Å²) in [6, 6.07) is 13.7. The van der Waals surface area contributed by atoms with Gasteiger partial charge in [0.25, 0.3) is 0 Å². The molecule has 0 aliphatic carbocycles. The van der Waals surface area contributed by atoms with Gasteiger partial charge in [-0.1, -0.05) is 20.8 Å². The molecule has 0 saturated heterocycles. The molecule has 0 unspecified atom stereocenters. The predicted molar refractivity (Wildman–Crippen MR) is 97.6 cm³/mol.